The largest absolute Gasteiger partial charge is 0.481 e. The molecule has 0 aromatic heterocycles. The van der Waals surface area contributed by atoms with E-state index in [2.05, 4.69) is 5.32 Å². The number of rotatable bonds is 7. The maximum Gasteiger partial charge on any atom is 0.305 e. The first-order valence-corrected chi connectivity index (χ1v) is 9.66. The van der Waals surface area contributed by atoms with Crippen molar-refractivity contribution in [1.29, 1.82) is 5.41 Å². The standard InChI is InChI=1S/C22H24N4O4/c23-21(24)16-3-1-14(2-4-16)12-25-22(30)17-6-5-15-7-8-19(27)26(10-9-20(28)29)13-18(15)11-17/h1-6,11H,7-10,12-13H2,(H3,23,24)(H,25,30)(H,28,29). The molecule has 1 aliphatic heterocycles. The molecule has 5 N–H and O–H groups in total. The van der Waals surface area contributed by atoms with Crippen LogP contribution in [0.4, 0.5) is 0 Å². The van der Waals surface area contributed by atoms with Crippen LogP contribution in [0.15, 0.2) is 42.5 Å². The summed E-state index contributed by atoms with van der Waals surface area (Å²) in [4.78, 5) is 37.3. The van der Waals surface area contributed by atoms with Crippen molar-refractivity contribution in [2.45, 2.75) is 32.4 Å². The van der Waals surface area contributed by atoms with Crippen LogP contribution in [0.3, 0.4) is 0 Å². The predicted octanol–water partition coefficient (Wildman–Crippen LogP) is 1.65. The van der Waals surface area contributed by atoms with Gasteiger partial charge >= 0.3 is 5.97 Å². The van der Waals surface area contributed by atoms with Crippen molar-refractivity contribution in [2.75, 3.05) is 6.54 Å². The summed E-state index contributed by atoms with van der Waals surface area (Å²) in [5, 5.41) is 19.2. The molecule has 8 nitrogen and oxygen atoms in total. The number of benzene rings is 2. The number of amidine groups is 1. The minimum atomic E-state index is -0.947. The maximum absolute atomic E-state index is 12.6. The zero-order chi connectivity index (χ0) is 21.7. The van der Waals surface area contributed by atoms with E-state index in [1.54, 1.807) is 36.4 Å². The minimum Gasteiger partial charge on any atom is -0.481 e. The van der Waals surface area contributed by atoms with Gasteiger partial charge in [0.25, 0.3) is 5.91 Å². The van der Waals surface area contributed by atoms with Crippen LogP contribution in [-0.4, -0.2) is 40.2 Å². The van der Waals surface area contributed by atoms with Crippen LogP contribution in [-0.2, 0) is 29.1 Å². The molecule has 2 amide bonds. The van der Waals surface area contributed by atoms with E-state index in [9.17, 15) is 14.4 Å². The Balaban J connectivity index is 1.68. The van der Waals surface area contributed by atoms with E-state index in [0.717, 1.165) is 16.7 Å². The smallest absolute Gasteiger partial charge is 0.305 e. The highest BCUT2D eigenvalue weighted by molar-refractivity contribution is 5.95. The number of hydrogen-bond donors (Lipinski definition) is 4. The Morgan fingerprint density at radius 2 is 1.77 bits per heavy atom. The molecule has 0 aliphatic carbocycles. The van der Waals surface area contributed by atoms with Crippen molar-refractivity contribution >= 4 is 23.6 Å². The van der Waals surface area contributed by atoms with E-state index in [4.69, 9.17) is 16.2 Å². The van der Waals surface area contributed by atoms with Gasteiger partial charge in [0.15, 0.2) is 0 Å². The van der Waals surface area contributed by atoms with Crippen LogP contribution in [0.5, 0.6) is 0 Å². The minimum absolute atomic E-state index is 0.00792. The predicted molar refractivity (Wildman–Crippen MR) is 111 cm³/mol. The fourth-order valence-corrected chi connectivity index (χ4v) is 3.37. The molecule has 0 unspecified atom stereocenters. The first-order chi connectivity index (χ1) is 14.3. The first-order valence-electron chi connectivity index (χ1n) is 9.66. The summed E-state index contributed by atoms with van der Waals surface area (Å²) in [5.74, 6) is -1.27. The number of carboxylic acids is 1. The van der Waals surface area contributed by atoms with E-state index >= 15 is 0 Å². The SMILES string of the molecule is N=C(N)c1ccc(CNC(=O)c2ccc3c(c2)CN(CCC(=O)O)C(=O)CC3)cc1. The summed E-state index contributed by atoms with van der Waals surface area (Å²) in [5.41, 5.74) is 9.30. The van der Waals surface area contributed by atoms with Crippen molar-refractivity contribution in [3.05, 3.63) is 70.3 Å². The third kappa shape index (κ3) is 5.22. The van der Waals surface area contributed by atoms with E-state index in [1.165, 1.54) is 4.90 Å². The number of hydrogen-bond acceptors (Lipinski definition) is 4. The molecule has 1 heterocycles. The number of nitrogens with two attached hydrogens (primary N) is 1. The summed E-state index contributed by atoms with van der Waals surface area (Å²) in [6.07, 6.45) is 0.792. The van der Waals surface area contributed by atoms with E-state index < -0.39 is 5.97 Å². The van der Waals surface area contributed by atoms with Gasteiger partial charge in [-0.1, -0.05) is 30.3 Å². The summed E-state index contributed by atoms with van der Waals surface area (Å²) >= 11 is 0. The number of nitrogens with zero attached hydrogens (tertiary/aromatic N) is 1. The number of aliphatic carboxylic acids is 1. The number of carbonyl (C=O) groups is 3. The van der Waals surface area contributed by atoms with Gasteiger partial charge in [-0.05, 0) is 35.2 Å². The lowest BCUT2D eigenvalue weighted by atomic mass is 10.0. The molecule has 1 aliphatic rings. The van der Waals surface area contributed by atoms with Gasteiger partial charge in [-0.2, -0.15) is 0 Å². The molecule has 0 spiro atoms. The molecule has 0 saturated heterocycles. The molecule has 0 fully saturated rings. The molecule has 2 aromatic rings. The Bertz CT molecular complexity index is 985. The number of carbonyl (C=O) groups excluding carboxylic acids is 2. The van der Waals surface area contributed by atoms with Crippen LogP contribution < -0.4 is 11.1 Å². The normalized spacial score (nSPS) is 13.3. The zero-order valence-corrected chi connectivity index (χ0v) is 16.5. The Hall–Kier alpha value is -3.68. The summed E-state index contributed by atoms with van der Waals surface area (Å²) < 4.78 is 0. The van der Waals surface area contributed by atoms with E-state index in [1.807, 2.05) is 6.07 Å². The van der Waals surface area contributed by atoms with Crippen LogP contribution in [0.25, 0.3) is 0 Å². The van der Waals surface area contributed by atoms with Crippen molar-refractivity contribution in [2.24, 2.45) is 5.73 Å². The number of fused-ring (bicyclic) bond motifs is 1. The van der Waals surface area contributed by atoms with Gasteiger partial charge in [0.05, 0.1) is 6.42 Å². The van der Waals surface area contributed by atoms with Crippen molar-refractivity contribution < 1.29 is 19.5 Å². The number of nitrogen functional groups attached to an aromatic ring is 1. The lowest BCUT2D eigenvalue weighted by Crippen LogP contribution is -2.31. The molecule has 0 atom stereocenters. The van der Waals surface area contributed by atoms with Gasteiger partial charge in [0.2, 0.25) is 5.91 Å². The highest BCUT2D eigenvalue weighted by Gasteiger charge is 2.22. The third-order valence-corrected chi connectivity index (χ3v) is 5.10. The molecule has 8 heteroatoms. The lowest BCUT2D eigenvalue weighted by molar-refractivity contribution is -0.138. The second-order valence-corrected chi connectivity index (χ2v) is 7.24. The summed E-state index contributed by atoms with van der Waals surface area (Å²) in [6, 6.07) is 12.4. The molecule has 156 valence electrons. The first kappa shape index (κ1) is 21.0. The summed E-state index contributed by atoms with van der Waals surface area (Å²) in [6.45, 7) is 0.784. The number of aryl methyl sites for hydroxylation is 1. The average molecular weight is 408 g/mol. The van der Waals surface area contributed by atoms with Gasteiger partial charge in [0, 0.05) is 37.2 Å². The Morgan fingerprint density at radius 3 is 2.43 bits per heavy atom. The Morgan fingerprint density at radius 1 is 1.07 bits per heavy atom. The molecule has 0 radical (unpaired) electrons. The Kier molecular flexibility index (Phi) is 6.46. The molecule has 3 rings (SSSR count). The van der Waals surface area contributed by atoms with E-state index in [-0.39, 0.29) is 30.6 Å². The van der Waals surface area contributed by atoms with Gasteiger partial charge in [-0.15, -0.1) is 0 Å². The van der Waals surface area contributed by atoms with E-state index in [0.29, 0.717) is 37.1 Å². The number of carboxylic acid groups (broad SMARTS) is 1. The van der Waals surface area contributed by atoms with Crippen molar-refractivity contribution in [3.8, 4) is 0 Å². The summed E-state index contributed by atoms with van der Waals surface area (Å²) in [7, 11) is 0. The van der Waals surface area contributed by atoms with Crippen LogP contribution in [0, 0.1) is 5.41 Å². The third-order valence-electron chi connectivity index (χ3n) is 5.10. The van der Waals surface area contributed by atoms with Gasteiger partial charge < -0.3 is 21.1 Å². The molecule has 2 aromatic carbocycles. The zero-order valence-electron chi connectivity index (χ0n) is 16.5. The van der Waals surface area contributed by atoms with Crippen LogP contribution in [0.1, 0.15) is 45.5 Å². The fraction of sp³-hybridized carbons (Fsp3) is 0.273. The second-order valence-electron chi connectivity index (χ2n) is 7.24. The van der Waals surface area contributed by atoms with Gasteiger partial charge in [-0.3, -0.25) is 19.8 Å². The molecule has 0 bridgehead atoms. The quantitative estimate of drug-likeness (QED) is 0.408. The number of amides is 2. The molecular weight excluding hydrogens is 384 g/mol. The molecular formula is C22H24N4O4. The second kappa shape index (κ2) is 9.21. The molecule has 0 saturated carbocycles. The Labute approximate surface area is 174 Å². The molecule has 30 heavy (non-hydrogen) atoms. The van der Waals surface area contributed by atoms with Crippen molar-refractivity contribution in [3.63, 3.8) is 0 Å². The lowest BCUT2D eigenvalue weighted by Gasteiger charge is -2.20. The highest BCUT2D eigenvalue weighted by atomic mass is 16.4. The van der Waals surface area contributed by atoms with Gasteiger partial charge in [0.1, 0.15) is 5.84 Å². The maximum atomic E-state index is 12.6. The number of nitrogens with one attached hydrogen (secondary N) is 2. The van der Waals surface area contributed by atoms with Crippen LogP contribution >= 0.6 is 0 Å². The van der Waals surface area contributed by atoms with Crippen LogP contribution in [0.2, 0.25) is 0 Å². The fourth-order valence-electron chi connectivity index (χ4n) is 3.37. The topological polar surface area (TPSA) is 137 Å². The van der Waals surface area contributed by atoms with Gasteiger partial charge in [-0.25, -0.2) is 0 Å². The monoisotopic (exact) mass is 408 g/mol. The van der Waals surface area contributed by atoms with Crippen molar-refractivity contribution in [1.82, 2.24) is 10.2 Å². The average Bonchev–Trinajstić information content (AvgIpc) is 2.89. The highest BCUT2D eigenvalue weighted by Crippen LogP contribution is 2.21.